The summed E-state index contributed by atoms with van der Waals surface area (Å²) in [6, 6.07) is 8.04. The van der Waals surface area contributed by atoms with Gasteiger partial charge in [-0.05, 0) is 30.3 Å². The fourth-order valence-corrected chi connectivity index (χ4v) is 1.72. The fourth-order valence-electron chi connectivity index (χ4n) is 1.39. The molecular formula is C11H7BrFNO. The highest BCUT2D eigenvalue weighted by Gasteiger charge is 2.07. The molecule has 0 N–H and O–H groups in total. The van der Waals surface area contributed by atoms with E-state index in [4.69, 9.17) is 0 Å². The Morgan fingerprint density at radius 1 is 1.33 bits per heavy atom. The van der Waals surface area contributed by atoms with Crippen LogP contribution in [-0.2, 0) is 0 Å². The molecule has 15 heavy (non-hydrogen) atoms. The monoisotopic (exact) mass is 267 g/mol. The molecule has 0 saturated heterocycles. The van der Waals surface area contributed by atoms with Crippen LogP contribution in [0.4, 0.5) is 4.39 Å². The van der Waals surface area contributed by atoms with E-state index in [0.29, 0.717) is 22.1 Å². The standard InChI is InChI=1S/C11H7BrFNO/c12-8-3-4-11(10(13)6-8)14-5-1-2-9(14)7-15/h1-7H. The normalized spacial score (nSPS) is 10.3. The van der Waals surface area contributed by atoms with Crippen molar-refractivity contribution in [1.29, 1.82) is 0 Å². The second-order valence-corrected chi connectivity index (χ2v) is 3.93. The third-order valence-electron chi connectivity index (χ3n) is 2.07. The van der Waals surface area contributed by atoms with Crippen molar-refractivity contribution in [2.75, 3.05) is 0 Å². The number of nitrogens with zero attached hydrogens (tertiary/aromatic N) is 1. The molecule has 0 bridgehead atoms. The molecule has 0 saturated carbocycles. The molecular weight excluding hydrogens is 261 g/mol. The molecule has 1 heterocycles. The Bertz CT molecular complexity index is 507. The lowest BCUT2D eigenvalue weighted by Crippen LogP contribution is -2.00. The lowest BCUT2D eigenvalue weighted by molar-refractivity contribution is 0.111. The van der Waals surface area contributed by atoms with E-state index < -0.39 is 0 Å². The van der Waals surface area contributed by atoms with Crippen molar-refractivity contribution in [3.05, 3.63) is 52.5 Å². The van der Waals surface area contributed by atoms with Gasteiger partial charge in [0.05, 0.1) is 11.4 Å². The molecule has 0 spiro atoms. The van der Waals surface area contributed by atoms with Gasteiger partial charge in [-0.25, -0.2) is 4.39 Å². The minimum atomic E-state index is -0.372. The van der Waals surface area contributed by atoms with Crippen LogP contribution in [0, 0.1) is 5.82 Å². The van der Waals surface area contributed by atoms with Gasteiger partial charge >= 0.3 is 0 Å². The van der Waals surface area contributed by atoms with E-state index in [9.17, 15) is 9.18 Å². The molecule has 0 aliphatic rings. The van der Waals surface area contributed by atoms with Crippen LogP contribution in [-0.4, -0.2) is 10.9 Å². The molecule has 0 atom stereocenters. The average molecular weight is 268 g/mol. The zero-order valence-corrected chi connectivity index (χ0v) is 9.24. The SMILES string of the molecule is O=Cc1cccn1-c1ccc(Br)cc1F. The first-order chi connectivity index (χ1) is 7.22. The van der Waals surface area contributed by atoms with Gasteiger partial charge in [0, 0.05) is 10.7 Å². The maximum absolute atomic E-state index is 13.6. The molecule has 1 aromatic heterocycles. The number of carbonyl (C=O) groups is 1. The molecule has 0 amide bonds. The number of halogens is 2. The Morgan fingerprint density at radius 2 is 2.13 bits per heavy atom. The molecule has 2 aromatic rings. The molecule has 1 aromatic carbocycles. The van der Waals surface area contributed by atoms with Gasteiger partial charge in [0.15, 0.2) is 6.29 Å². The number of benzene rings is 1. The van der Waals surface area contributed by atoms with Gasteiger partial charge in [0.25, 0.3) is 0 Å². The van der Waals surface area contributed by atoms with E-state index in [1.807, 2.05) is 0 Å². The zero-order valence-electron chi connectivity index (χ0n) is 7.65. The van der Waals surface area contributed by atoms with Crippen LogP contribution in [0.15, 0.2) is 41.0 Å². The lowest BCUT2D eigenvalue weighted by atomic mass is 10.3. The summed E-state index contributed by atoms with van der Waals surface area (Å²) < 4.78 is 15.7. The smallest absolute Gasteiger partial charge is 0.166 e. The quantitative estimate of drug-likeness (QED) is 0.766. The predicted octanol–water partition coefficient (Wildman–Crippen LogP) is 3.19. The Hall–Kier alpha value is -1.42. The van der Waals surface area contributed by atoms with Crippen LogP contribution in [0.5, 0.6) is 0 Å². The van der Waals surface area contributed by atoms with Crippen LogP contribution in [0.1, 0.15) is 10.5 Å². The summed E-state index contributed by atoms with van der Waals surface area (Å²) >= 11 is 3.18. The molecule has 0 aliphatic heterocycles. The summed E-state index contributed by atoms with van der Waals surface area (Å²) in [5.41, 5.74) is 0.793. The second kappa shape index (κ2) is 3.98. The number of hydrogen-bond donors (Lipinski definition) is 0. The van der Waals surface area contributed by atoms with E-state index in [2.05, 4.69) is 15.9 Å². The predicted molar refractivity (Wildman–Crippen MR) is 58.8 cm³/mol. The van der Waals surface area contributed by atoms with E-state index >= 15 is 0 Å². The van der Waals surface area contributed by atoms with Gasteiger partial charge in [-0.2, -0.15) is 0 Å². The molecule has 0 fully saturated rings. The summed E-state index contributed by atoms with van der Waals surface area (Å²) in [6.07, 6.45) is 2.34. The summed E-state index contributed by atoms with van der Waals surface area (Å²) in [7, 11) is 0. The summed E-state index contributed by atoms with van der Waals surface area (Å²) in [5, 5.41) is 0. The highest BCUT2D eigenvalue weighted by molar-refractivity contribution is 9.10. The maximum Gasteiger partial charge on any atom is 0.166 e. The largest absolute Gasteiger partial charge is 0.311 e. The number of aldehydes is 1. The van der Waals surface area contributed by atoms with Crippen LogP contribution in [0.25, 0.3) is 5.69 Å². The Balaban J connectivity index is 2.59. The topological polar surface area (TPSA) is 22.0 Å². The van der Waals surface area contributed by atoms with Crippen molar-refractivity contribution < 1.29 is 9.18 Å². The van der Waals surface area contributed by atoms with E-state index in [-0.39, 0.29) is 5.82 Å². The summed E-state index contributed by atoms with van der Waals surface area (Å²) in [6.45, 7) is 0. The van der Waals surface area contributed by atoms with Gasteiger partial charge < -0.3 is 4.57 Å². The van der Waals surface area contributed by atoms with Gasteiger partial charge in [-0.1, -0.05) is 15.9 Å². The highest BCUT2D eigenvalue weighted by Crippen LogP contribution is 2.20. The Labute approximate surface area is 94.5 Å². The van der Waals surface area contributed by atoms with Crippen LogP contribution < -0.4 is 0 Å². The van der Waals surface area contributed by atoms with Crippen molar-refractivity contribution >= 4 is 22.2 Å². The third-order valence-corrected chi connectivity index (χ3v) is 2.56. The minimum absolute atomic E-state index is 0.366. The van der Waals surface area contributed by atoms with Crippen LogP contribution in [0.3, 0.4) is 0 Å². The summed E-state index contributed by atoms with van der Waals surface area (Å²) in [4.78, 5) is 10.7. The fraction of sp³-hybridized carbons (Fsp3) is 0. The first-order valence-corrected chi connectivity index (χ1v) is 5.09. The van der Waals surface area contributed by atoms with E-state index in [1.165, 1.54) is 10.6 Å². The van der Waals surface area contributed by atoms with Gasteiger partial charge in [-0.15, -0.1) is 0 Å². The average Bonchev–Trinajstić information content (AvgIpc) is 2.65. The third kappa shape index (κ3) is 1.85. The van der Waals surface area contributed by atoms with Crippen molar-refractivity contribution in [3.63, 3.8) is 0 Å². The second-order valence-electron chi connectivity index (χ2n) is 3.02. The van der Waals surface area contributed by atoms with E-state index in [0.717, 1.165) is 0 Å². The van der Waals surface area contributed by atoms with Crippen LogP contribution in [0.2, 0.25) is 0 Å². The first-order valence-electron chi connectivity index (χ1n) is 4.30. The minimum Gasteiger partial charge on any atom is -0.311 e. The van der Waals surface area contributed by atoms with Crippen molar-refractivity contribution in [2.45, 2.75) is 0 Å². The van der Waals surface area contributed by atoms with Gasteiger partial charge in [-0.3, -0.25) is 4.79 Å². The molecule has 76 valence electrons. The molecule has 0 unspecified atom stereocenters. The number of rotatable bonds is 2. The first kappa shape index (κ1) is 10.1. The molecule has 0 radical (unpaired) electrons. The summed E-state index contributed by atoms with van der Waals surface area (Å²) in [5.74, 6) is -0.372. The number of aromatic nitrogens is 1. The zero-order chi connectivity index (χ0) is 10.8. The highest BCUT2D eigenvalue weighted by atomic mass is 79.9. The Morgan fingerprint density at radius 3 is 2.80 bits per heavy atom. The molecule has 2 nitrogen and oxygen atoms in total. The molecule has 2 rings (SSSR count). The van der Waals surface area contributed by atoms with Crippen molar-refractivity contribution in [1.82, 2.24) is 4.57 Å². The Kier molecular flexibility index (Phi) is 2.68. The number of hydrogen-bond acceptors (Lipinski definition) is 1. The van der Waals surface area contributed by atoms with Crippen molar-refractivity contribution in [3.8, 4) is 5.69 Å². The number of carbonyl (C=O) groups excluding carboxylic acids is 1. The lowest BCUT2D eigenvalue weighted by Gasteiger charge is -2.06. The maximum atomic E-state index is 13.6. The molecule has 4 heteroatoms. The van der Waals surface area contributed by atoms with E-state index in [1.54, 1.807) is 30.5 Å². The van der Waals surface area contributed by atoms with Gasteiger partial charge in [0.1, 0.15) is 5.82 Å². The van der Waals surface area contributed by atoms with Crippen LogP contribution >= 0.6 is 15.9 Å². The van der Waals surface area contributed by atoms with Gasteiger partial charge in [0.2, 0.25) is 0 Å². The van der Waals surface area contributed by atoms with Crippen molar-refractivity contribution in [2.24, 2.45) is 0 Å². The molecule has 0 aliphatic carbocycles.